The van der Waals surface area contributed by atoms with Crippen LogP contribution >= 0.6 is 11.8 Å². The van der Waals surface area contributed by atoms with Crippen LogP contribution in [0.2, 0.25) is 0 Å². The number of anilines is 1. The Morgan fingerprint density at radius 1 is 1.40 bits per heavy atom. The number of fused-ring (bicyclic) bond motifs is 1. The van der Waals surface area contributed by atoms with Crippen molar-refractivity contribution in [2.45, 2.75) is 18.2 Å². The van der Waals surface area contributed by atoms with Gasteiger partial charge in [0.1, 0.15) is 0 Å². The van der Waals surface area contributed by atoms with Crippen LogP contribution in [0.4, 0.5) is 5.69 Å². The molecule has 3 N–H and O–H groups in total. The summed E-state index contributed by atoms with van der Waals surface area (Å²) in [5, 5.41) is 8.83. The van der Waals surface area contributed by atoms with Gasteiger partial charge in [-0.05, 0) is 24.7 Å². The molecule has 5 nitrogen and oxygen atoms in total. The zero-order valence-electron chi connectivity index (χ0n) is 11.5. The molecule has 108 valence electrons. The van der Waals surface area contributed by atoms with Gasteiger partial charge in [0.15, 0.2) is 0 Å². The molecule has 0 fully saturated rings. The Kier molecular flexibility index (Phi) is 5.43. The lowest BCUT2D eigenvalue weighted by Gasteiger charge is -2.09. The van der Waals surface area contributed by atoms with E-state index in [-0.39, 0.29) is 11.8 Å². The van der Waals surface area contributed by atoms with Crippen molar-refractivity contribution in [1.82, 2.24) is 10.6 Å². The minimum atomic E-state index is -0.116. The summed E-state index contributed by atoms with van der Waals surface area (Å²) in [6, 6.07) is 5.44. The highest BCUT2D eigenvalue weighted by Gasteiger charge is 2.15. The van der Waals surface area contributed by atoms with Crippen LogP contribution in [0.25, 0.3) is 0 Å². The van der Waals surface area contributed by atoms with Crippen LogP contribution in [0.1, 0.15) is 23.7 Å². The Hall–Kier alpha value is -1.53. The summed E-state index contributed by atoms with van der Waals surface area (Å²) >= 11 is 1.63. The fourth-order valence-electron chi connectivity index (χ4n) is 1.90. The third-order valence-electron chi connectivity index (χ3n) is 2.94. The molecule has 1 aliphatic heterocycles. The number of hydrogen-bond donors (Lipinski definition) is 3. The number of likely N-dealkylation sites (N-methyl/N-ethyl adjacent to an activating group) is 1. The molecule has 1 heterocycles. The predicted octanol–water partition coefficient (Wildman–Crippen LogP) is 1.46. The first kappa shape index (κ1) is 14.9. The van der Waals surface area contributed by atoms with Crippen LogP contribution in [-0.4, -0.2) is 37.2 Å². The van der Waals surface area contributed by atoms with Gasteiger partial charge in [0.2, 0.25) is 5.91 Å². The molecule has 0 bridgehead atoms. The molecule has 0 aromatic heterocycles. The Balaban J connectivity index is 2.02. The van der Waals surface area contributed by atoms with Crippen molar-refractivity contribution in [3.63, 3.8) is 0 Å². The molecule has 1 aromatic carbocycles. The van der Waals surface area contributed by atoms with Crippen molar-refractivity contribution in [1.29, 1.82) is 0 Å². The van der Waals surface area contributed by atoms with Gasteiger partial charge in [-0.1, -0.05) is 6.92 Å². The molecular weight excluding hydrogens is 274 g/mol. The van der Waals surface area contributed by atoms with Crippen LogP contribution in [0.15, 0.2) is 23.1 Å². The highest BCUT2D eigenvalue weighted by atomic mass is 32.2. The number of hydrogen-bond acceptors (Lipinski definition) is 4. The van der Waals surface area contributed by atoms with Crippen LogP contribution in [0, 0.1) is 0 Å². The van der Waals surface area contributed by atoms with Crippen molar-refractivity contribution in [2.75, 3.05) is 30.7 Å². The molecule has 6 heteroatoms. The monoisotopic (exact) mass is 293 g/mol. The van der Waals surface area contributed by atoms with E-state index < -0.39 is 0 Å². The minimum absolute atomic E-state index is 0.000883. The van der Waals surface area contributed by atoms with Gasteiger partial charge in [0.25, 0.3) is 5.91 Å². The Morgan fingerprint density at radius 3 is 3.05 bits per heavy atom. The van der Waals surface area contributed by atoms with E-state index in [4.69, 9.17) is 0 Å². The molecule has 0 radical (unpaired) electrons. The van der Waals surface area contributed by atoms with Crippen LogP contribution in [-0.2, 0) is 4.79 Å². The molecule has 0 saturated carbocycles. The summed E-state index contributed by atoms with van der Waals surface area (Å²) in [6.07, 6.45) is 0.504. The third-order valence-corrected chi connectivity index (χ3v) is 4.02. The number of benzene rings is 1. The second kappa shape index (κ2) is 7.31. The molecule has 1 aromatic rings. The van der Waals surface area contributed by atoms with E-state index in [0.717, 1.165) is 29.4 Å². The summed E-state index contributed by atoms with van der Waals surface area (Å²) in [7, 11) is 0. The number of carbonyl (C=O) groups is 2. The van der Waals surface area contributed by atoms with Gasteiger partial charge in [-0.2, -0.15) is 0 Å². The lowest BCUT2D eigenvalue weighted by molar-refractivity contribution is -0.115. The lowest BCUT2D eigenvalue weighted by atomic mass is 10.2. The van der Waals surface area contributed by atoms with Crippen LogP contribution < -0.4 is 16.0 Å². The summed E-state index contributed by atoms with van der Waals surface area (Å²) in [5.74, 6) is 0.655. The molecular formula is C14H19N3O2S. The predicted molar refractivity (Wildman–Crippen MR) is 81.3 cm³/mol. The van der Waals surface area contributed by atoms with Crippen molar-refractivity contribution < 1.29 is 9.59 Å². The Morgan fingerprint density at radius 2 is 2.25 bits per heavy atom. The van der Waals surface area contributed by atoms with Crippen molar-refractivity contribution in [3.05, 3.63) is 23.8 Å². The molecule has 0 aliphatic carbocycles. The SMILES string of the molecule is CCNCCNC(=O)c1ccc2c(c1)NC(=O)CCS2. The maximum Gasteiger partial charge on any atom is 0.251 e. The first-order valence-electron chi connectivity index (χ1n) is 6.76. The van der Waals surface area contributed by atoms with E-state index in [1.54, 1.807) is 23.9 Å². The zero-order valence-corrected chi connectivity index (χ0v) is 12.3. The highest BCUT2D eigenvalue weighted by molar-refractivity contribution is 7.99. The first-order chi connectivity index (χ1) is 9.70. The number of amides is 2. The fourth-order valence-corrected chi connectivity index (χ4v) is 2.84. The van der Waals surface area contributed by atoms with Crippen molar-refractivity contribution in [2.24, 2.45) is 0 Å². The van der Waals surface area contributed by atoms with Crippen LogP contribution in [0.5, 0.6) is 0 Å². The largest absolute Gasteiger partial charge is 0.351 e. The molecule has 0 atom stereocenters. The molecule has 20 heavy (non-hydrogen) atoms. The molecule has 0 unspecified atom stereocenters. The quantitative estimate of drug-likeness (QED) is 0.719. The number of rotatable bonds is 5. The molecule has 2 rings (SSSR count). The number of nitrogens with one attached hydrogen (secondary N) is 3. The highest BCUT2D eigenvalue weighted by Crippen LogP contribution is 2.31. The summed E-state index contributed by atoms with van der Waals surface area (Å²) in [6.45, 7) is 4.25. The van der Waals surface area contributed by atoms with Gasteiger partial charge in [0.05, 0.1) is 5.69 Å². The van der Waals surface area contributed by atoms with E-state index >= 15 is 0 Å². The van der Waals surface area contributed by atoms with Gasteiger partial charge >= 0.3 is 0 Å². The van der Waals surface area contributed by atoms with Gasteiger partial charge in [-0.15, -0.1) is 11.8 Å². The maximum atomic E-state index is 12.0. The van der Waals surface area contributed by atoms with E-state index in [2.05, 4.69) is 16.0 Å². The van der Waals surface area contributed by atoms with E-state index in [1.807, 2.05) is 13.0 Å². The number of thioether (sulfide) groups is 1. The smallest absolute Gasteiger partial charge is 0.251 e. The van der Waals surface area contributed by atoms with Crippen LogP contribution in [0.3, 0.4) is 0 Å². The second-order valence-electron chi connectivity index (χ2n) is 4.47. The topological polar surface area (TPSA) is 70.2 Å². The van der Waals surface area contributed by atoms with E-state index in [0.29, 0.717) is 18.5 Å². The van der Waals surface area contributed by atoms with E-state index in [1.165, 1.54) is 0 Å². The fraction of sp³-hybridized carbons (Fsp3) is 0.429. The van der Waals surface area contributed by atoms with Crippen molar-refractivity contribution in [3.8, 4) is 0 Å². The number of carbonyl (C=O) groups excluding carboxylic acids is 2. The standard InChI is InChI=1S/C14H19N3O2S/c1-2-15-6-7-16-14(19)10-3-4-12-11(9-10)17-13(18)5-8-20-12/h3-4,9,15H,2,5-8H2,1H3,(H,16,19)(H,17,18). The molecule has 1 aliphatic rings. The third kappa shape index (κ3) is 3.98. The summed E-state index contributed by atoms with van der Waals surface area (Å²) in [4.78, 5) is 24.6. The van der Waals surface area contributed by atoms with Crippen molar-refractivity contribution >= 4 is 29.3 Å². The lowest BCUT2D eigenvalue weighted by Crippen LogP contribution is -2.31. The average Bonchev–Trinajstić information content (AvgIpc) is 2.63. The molecule has 0 spiro atoms. The van der Waals surface area contributed by atoms with Gasteiger partial charge < -0.3 is 16.0 Å². The Labute approximate surface area is 122 Å². The summed E-state index contributed by atoms with van der Waals surface area (Å²) in [5.41, 5.74) is 1.31. The molecule has 2 amide bonds. The van der Waals surface area contributed by atoms with Gasteiger partial charge in [0, 0.05) is 35.7 Å². The average molecular weight is 293 g/mol. The van der Waals surface area contributed by atoms with Gasteiger partial charge in [-0.3, -0.25) is 9.59 Å². The van der Waals surface area contributed by atoms with E-state index in [9.17, 15) is 9.59 Å². The zero-order chi connectivity index (χ0) is 14.4. The maximum absolute atomic E-state index is 12.0. The Bertz CT molecular complexity index is 505. The molecule has 0 saturated heterocycles. The second-order valence-corrected chi connectivity index (χ2v) is 5.60. The summed E-state index contributed by atoms with van der Waals surface area (Å²) < 4.78 is 0. The first-order valence-corrected chi connectivity index (χ1v) is 7.75. The normalized spacial score (nSPS) is 14.2. The van der Waals surface area contributed by atoms with Gasteiger partial charge in [-0.25, -0.2) is 0 Å². The minimum Gasteiger partial charge on any atom is -0.351 e.